The first-order valence-electron chi connectivity index (χ1n) is 12.3. The molecule has 0 atom stereocenters. The fourth-order valence-corrected chi connectivity index (χ4v) is 3.45. The zero-order chi connectivity index (χ0) is 28.3. The average molecular weight is 545 g/mol. The third-order valence-corrected chi connectivity index (χ3v) is 5.28. The van der Waals surface area contributed by atoms with Crippen molar-refractivity contribution in [2.75, 3.05) is 36.4 Å². The van der Waals surface area contributed by atoms with Gasteiger partial charge >= 0.3 is 0 Å². The van der Waals surface area contributed by atoms with Gasteiger partial charge in [0, 0.05) is 35.1 Å². The van der Waals surface area contributed by atoms with Crippen LogP contribution in [-0.4, -0.2) is 46.4 Å². The summed E-state index contributed by atoms with van der Waals surface area (Å²) < 4.78 is 16.5. The van der Waals surface area contributed by atoms with Gasteiger partial charge in [-0.3, -0.25) is 10.1 Å². The Hall–Kier alpha value is -5.46. The lowest BCUT2D eigenvalue weighted by atomic mass is 10.2. The highest BCUT2D eigenvalue weighted by Crippen LogP contribution is 2.25. The second kappa shape index (κ2) is 13.4. The number of hydrazone groups is 1. The molecule has 0 unspecified atom stereocenters. The minimum absolute atomic E-state index is 0.0273. The molecule has 3 aromatic carbocycles. The molecule has 0 radical (unpaired) electrons. The van der Waals surface area contributed by atoms with E-state index in [1.807, 2.05) is 38.1 Å². The third kappa shape index (κ3) is 7.54. The number of methoxy groups -OCH3 is 1. The molecule has 1 heterocycles. The van der Waals surface area contributed by atoms with Gasteiger partial charge in [-0.25, -0.2) is 5.43 Å². The van der Waals surface area contributed by atoms with Gasteiger partial charge in [0.2, 0.25) is 17.8 Å². The summed E-state index contributed by atoms with van der Waals surface area (Å²) in [7, 11) is 1.59. The predicted octanol–water partition coefficient (Wildman–Crippen LogP) is 5.52. The summed E-state index contributed by atoms with van der Waals surface area (Å²) in [6.45, 7) is 4.84. The van der Waals surface area contributed by atoms with Crippen LogP contribution in [0, 0.1) is 10.1 Å². The zero-order valence-corrected chi connectivity index (χ0v) is 22.1. The summed E-state index contributed by atoms with van der Waals surface area (Å²) in [5, 5.41) is 21.4. The maximum atomic E-state index is 11.0. The summed E-state index contributed by atoms with van der Waals surface area (Å²) in [5.74, 6) is 2.60. The molecular weight excluding hydrogens is 516 g/mol. The van der Waals surface area contributed by atoms with Crippen molar-refractivity contribution in [1.29, 1.82) is 0 Å². The molecule has 0 aliphatic carbocycles. The summed E-state index contributed by atoms with van der Waals surface area (Å²) in [6, 6.07) is 18.6. The summed E-state index contributed by atoms with van der Waals surface area (Å²) in [5.41, 5.74) is 4.80. The molecule has 4 rings (SSSR count). The quantitative estimate of drug-likeness (QED) is 0.111. The molecule has 13 heteroatoms. The second-order valence-corrected chi connectivity index (χ2v) is 8.02. The van der Waals surface area contributed by atoms with E-state index in [-0.39, 0.29) is 23.5 Å². The highest BCUT2D eigenvalue weighted by molar-refractivity contribution is 5.84. The molecule has 3 N–H and O–H groups in total. The van der Waals surface area contributed by atoms with Gasteiger partial charge in [-0.1, -0.05) is 0 Å². The molecule has 4 aromatic rings. The van der Waals surface area contributed by atoms with E-state index in [4.69, 9.17) is 14.2 Å². The van der Waals surface area contributed by atoms with E-state index in [1.54, 1.807) is 43.7 Å². The highest BCUT2D eigenvalue weighted by Gasteiger charge is 2.10. The first-order valence-corrected chi connectivity index (χ1v) is 12.3. The molecule has 40 heavy (non-hydrogen) atoms. The van der Waals surface area contributed by atoms with Gasteiger partial charge in [0.15, 0.2) is 0 Å². The van der Waals surface area contributed by atoms with Gasteiger partial charge < -0.3 is 24.8 Å². The van der Waals surface area contributed by atoms with Crippen molar-refractivity contribution in [3.63, 3.8) is 0 Å². The number of benzene rings is 3. The van der Waals surface area contributed by atoms with Gasteiger partial charge in [-0.05, 0) is 62.4 Å². The SMILES string of the molecule is CCOc1ccc(/C=N/Nc2nc(Nc3ccc(OC)cc3)nc(Nc3ccc([N+](=O)[O-])cc3)n2)c(OCC)c1. The Balaban J connectivity index is 1.58. The first-order chi connectivity index (χ1) is 19.5. The van der Waals surface area contributed by atoms with Crippen LogP contribution in [0.1, 0.15) is 19.4 Å². The highest BCUT2D eigenvalue weighted by atomic mass is 16.6. The molecule has 0 amide bonds. The second-order valence-electron chi connectivity index (χ2n) is 8.02. The van der Waals surface area contributed by atoms with Crippen LogP contribution < -0.4 is 30.3 Å². The predicted molar refractivity (Wildman–Crippen MR) is 152 cm³/mol. The number of hydrogen-bond acceptors (Lipinski definition) is 12. The van der Waals surface area contributed by atoms with Crippen LogP contribution in [-0.2, 0) is 0 Å². The number of nitro groups is 1. The van der Waals surface area contributed by atoms with Gasteiger partial charge in [0.25, 0.3) is 5.69 Å². The number of hydrogen-bond donors (Lipinski definition) is 3. The number of ether oxygens (including phenoxy) is 3. The lowest BCUT2D eigenvalue weighted by Crippen LogP contribution is -2.07. The number of anilines is 5. The minimum Gasteiger partial charge on any atom is -0.497 e. The molecule has 0 saturated heterocycles. The molecular formula is C27H28N8O5. The Morgan fingerprint density at radius 3 is 1.98 bits per heavy atom. The van der Waals surface area contributed by atoms with Crippen LogP contribution in [0.15, 0.2) is 71.8 Å². The number of rotatable bonds is 13. The van der Waals surface area contributed by atoms with E-state index >= 15 is 0 Å². The molecule has 0 bridgehead atoms. The molecule has 0 saturated carbocycles. The third-order valence-electron chi connectivity index (χ3n) is 5.28. The van der Waals surface area contributed by atoms with Crippen LogP contribution >= 0.6 is 0 Å². The molecule has 206 valence electrons. The van der Waals surface area contributed by atoms with Crippen molar-refractivity contribution >= 4 is 41.1 Å². The monoisotopic (exact) mass is 544 g/mol. The summed E-state index contributed by atoms with van der Waals surface area (Å²) in [4.78, 5) is 23.7. The van der Waals surface area contributed by atoms with E-state index < -0.39 is 4.92 Å². The smallest absolute Gasteiger partial charge is 0.269 e. The number of nitro benzene ring substituents is 1. The van der Waals surface area contributed by atoms with E-state index in [2.05, 4.69) is 36.1 Å². The average Bonchev–Trinajstić information content (AvgIpc) is 2.95. The molecule has 0 aliphatic heterocycles. The Kier molecular flexibility index (Phi) is 9.22. The van der Waals surface area contributed by atoms with Crippen LogP contribution in [0.2, 0.25) is 0 Å². The summed E-state index contributed by atoms with van der Waals surface area (Å²) in [6.07, 6.45) is 1.59. The fraction of sp³-hybridized carbons (Fsp3) is 0.185. The number of nitrogens with one attached hydrogen (secondary N) is 3. The standard InChI is InChI=1S/C27H28N8O5/c1-4-39-23-13-6-18(24(16-23)40-5-2)17-28-34-27-32-25(29-19-7-11-21(12-8-19)35(36)37)31-26(33-27)30-20-9-14-22(38-3)15-10-20/h6-17H,4-5H2,1-3H3,(H3,29,30,31,32,33,34)/b28-17+. The lowest BCUT2D eigenvalue weighted by molar-refractivity contribution is -0.384. The van der Waals surface area contributed by atoms with E-state index in [0.29, 0.717) is 36.1 Å². The van der Waals surface area contributed by atoms with E-state index in [1.165, 1.54) is 12.1 Å². The zero-order valence-electron chi connectivity index (χ0n) is 22.1. The Morgan fingerprint density at radius 2 is 1.40 bits per heavy atom. The Morgan fingerprint density at radius 1 is 0.825 bits per heavy atom. The van der Waals surface area contributed by atoms with Crippen LogP contribution in [0.3, 0.4) is 0 Å². The van der Waals surface area contributed by atoms with Crippen molar-refractivity contribution in [2.24, 2.45) is 5.10 Å². The normalized spacial score (nSPS) is 10.7. The van der Waals surface area contributed by atoms with Gasteiger partial charge in [-0.2, -0.15) is 20.1 Å². The van der Waals surface area contributed by atoms with Crippen LogP contribution in [0.4, 0.5) is 34.9 Å². The minimum atomic E-state index is -0.467. The van der Waals surface area contributed by atoms with Crippen molar-refractivity contribution in [2.45, 2.75) is 13.8 Å². The van der Waals surface area contributed by atoms with Gasteiger partial charge in [-0.15, -0.1) is 0 Å². The number of aromatic nitrogens is 3. The Labute approximate surface area is 230 Å². The molecule has 0 aliphatic rings. The van der Waals surface area contributed by atoms with E-state index in [0.717, 1.165) is 11.3 Å². The van der Waals surface area contributed by atoms with Crippen molar-refractivity contribution in [3.05, 3.63) is 82.4 Å². The lowest BCUT2D eigenvalue weighted by Gasteiger charge is -2.11. The number of nitrogens with zero attached hydrogens (tertiary/aromatic N) is 5. The van der Waals surface area contributed by atoms with Crippen LogP contribution in [0.5, 0.6) is 17.2 Å². The van der Waals surface area contributed by atoms with Gasteiger partial charge in [0.1, 0.15) is 17.2 Å². The molecule has 0 fully saturated rings. The summed E-state index contributed by atoms with van der Waals surface area (Å²) >= 11 is 0. The van der Waals surface area contributed by atoms with Crippen molar-refractivity contribution in [1.82, 2.24) is 15.0 Å². The number of non-ortho nitro benzene ring substituents is 1. The fourth-order valence-electron chi connectivity index (χ4n) is 3.45. The van der Waals surface area contributed by atoms with Crippen LogP contribution in [0.25, 0.3) is 0 Å². The molecule has 0 spiro atoms. The largest absolute Gasteiger partial charge is 0.497 e. The maximum absolute atomic E-state index is 11.0. The van der Waals surface area contributed by atoms with E-state index in [9.17, 15) is 10.1 Å². The first kappa shape index (κ1) is 27.6. The Bertz CT molecular complexity index is 1460. The topological polar surface area (TPSA) is 158 Å². The molecule has 1 aromatic heterocycles. The van der Waals surface area contributed by atoms with Crippen molar-refractivity contribution < 1.29 is 19.1 Å². The van der Waals surface area contributed by atoms with Gasteiger partial charge in [0.05, 0.1) is 31.5 Å². The molecule has 13 nitrogen and oxygen atoms in total. The van der Waals surface area contributed by atoms with Crippen molar-refractivity contribution in [3.8, 4) is 17.2 Å². The maximum Gasteiger partial charge on any atom is 0.269 e.